The molecule has 1 aromatic carbocycles. The quantitative estimate of drug-likeness (QED) is 0.520. The Hall–Kier alpha value is -3.01. The van der Waals surface area contributed by atoms with Gasteiger partial charge in [-0.05, 0) is 12.1 Å². The zero-order valence-electron chi connectivity index (χ0n) is 14.8. The summed E-state index contributed by atoms with van der Waals surface area (Å²) < 4.78 is 15.8. The lowest BCUT2D eigenvalue weighted by Gasteiger charge is -2.12. The van der Waals surface area contributed by atoms with Crippen molar-refractivity contribution >= 4 is 28.7 Å². The molecule has 0 saturated heterocycles. The normalized spacial score (nSPS) is 11.0. The third kappa shape index (κ3) is 3.47. The summed E-state index contributed by atoms with van der Waals surface area (Å²) in [5, 5.41) is 2.87. The van der Waals surface area contributed by atoms with E-state index >= 15 is 0 Å². The molecule has 0 fully saturated rings. The van der Waals surface area contributed by atoms with Crippen LogP contribution in [0.4, 0.5) is 4.39 Å². The van der Waals surface area contributed by atoms with E-state index in [-0.39, 0.29) is 33.5 Å². The zero-order chi connectivity index (χ0) is 19.7. The monoisotopic (exact) mass is 389 g/mol. The highest BCUT2D eigenvalue weighted by molar-refractivity contribution is 8.00. The van der Waals surface area contributed by atoms with Crippen LogP contribution in [0, 0.1) is 5.82 Å². The fraction of sp³-hybridized carbons (Fsp3) is 0.235. The Bertz CT molecular complexity index is 1170. The van der Waals surface area contributed by atoms with Gasteiger partial charge in [0.05, 0.1) is 5.75 Å². The van der Waals surface area contributed by atoms with Crippen LogP contribution >= 0.6 is 11.8 Å². The van der Waals surface area contributed by atoms with Gasteiger partial charge in [0, 0.05) is 26.7 Å². The third-order valence-electron chi connectivity index (χ3n) is 3.97. The fourth-order valence-electron chi connectivity index (χ4n) is 2.50. The summed E-state index contributed by atoms with van der Waals surface area (Å²) in [5.74, 6) is -0.531. The summed E-state index contributed by atoms with van der Waals surface area (Å²) in [4.78, 5) is 45.2. The number of hydrogen-bond acceptors (Lipinski definition) is 6. The van der Waals surface area contributed by atoms with Crippen LogP contribution in [0.5, 0.6) is 0 Å². The van der Waals surface area contributed by atoms with E-state index in [1.54, 1.807) is 6.07 Å². The largest absolute Gasteiger partial charge is 0.358 e. The van der Waals surface area contributed by atoms with Crippen LogP contribution < -0.4 is 16.6 Å². The minimum Gasteiger partial charge on any atom is -0.358 e. The van der Waals surface area contributed by atoms with Crippen molar-refractivity contribution in [3.8, 4) is 11.4 Å². The summed E-state index contributed by atoms with van der Waals surface area (Å²) in [5.41, 5.74) is -0.583. The molecule has 140 valence electrons. The topological polar surface area (TPSA) is 98.9 Å². The molecule has 0 aliphatic carbocycles. The molecule has 10 heteroatoms. The maximum Gasteiger partial charge on any atom is 0.332 e. The molecule has 2 heterocycles. The Balaban J connectivity index is 2.33. The van der Waals surface area contributed by atoms with E-state index in [4.69, 9.17) is 0 Å². The zero-order valence-corrected chi connectivity index (χ0v) is 15.6. The van der Waals surface area contributed by atoms with Crippen molar-refractivity contribution in [3.63, 3.8) is 0 Å². The number of nitrogens with zero attached hydrogens (tertiary/aromatic N) is 4. The average molecular weight is 389 g/mol. The molecule has 0 unspecified atom stereocenters. The SMILES string of the molecule is CNC(=O)CSc1nc(-c2cccc(F)c2)nc2c1c(=O)n(C)c(=O)n2C. The van der Waals surface area contributed by atoms with Crippen LogP contribution in [0.25, 0.3) is 22.4 Å². The molecule has 0 atom stereocenters. The van der Waals surface area contributed by atoms with Crippen molar-refractivity contribution < 1.29 is 9.18 Å². The van der Waals surface area contributed by atoms with Crippen LogP contribution in [-0.2, 0) is 18.9 Å². The first kappa shape index (κ1) is 18.8. The van der Waals surface area contributed by atoms with Crippen LogP contribution in [0.3, 0.4) is 0 Å². The number of rotatable bonds is 4. The number of fused-ring (bicyclic) bond motifs is 1. The van der Waals surface area contributed by atoms with E-state index < -0.39 is 17.1 Å². The van der Waals surface area contributed by atoms with Crippen molar-refractivity contribution in [2.75, 3.05) is 12.8 Å². The van der Waals surface area contributed by atoms with Gasteiger partial charge in [-0.15, -0.1) is 0 Å². The lowest BCUT2D eigenvalue weighted by Crippen LogP contribution is -2.37. The predicted octanol–water partition coefficient (Wildman–Crippen LogP) is 0.671. The molecule has 0 bridgehead atoms. The first-order valence-corrected chi connectivity index (χ1v) is 8.89. The van der Waals surface area contributed by atoms with Crippen molar-refractivity contribution in [3.05, 3.63) is 50.9 Å². The van der Waals surface area contributed by atoms with Gasteiger partial charge in [-0.25, -0.2) is 19.2 Å². The van der Waals surface area contributed by atoms with Gasteiger partial charge in [-0.3, -0.25) is 18.7 Å². The molecule has 0 saturated carbocycles. The molecule has 0 aliphatic heterocycles. The lowest BCUT2D eigenvalue weighted by molar-refractivity contribution is -0.118. The third-order valence-corrected chi connectivity index (χ3v) is 4.94. The standard InChI is InChI=1S/C17H16FN5O3S/c1-19-11(24)8-27-15-12-14(22(2)17(26)23(3)16(12)25)20-13(21-15)9-5-4-6-10(18)7-9/h4-7H,8H2,1-3H3,(H,19,24). The molecule has 1 N–H and O–H groups in total. The highest BCUT2D eigenvalue weighted by atomic mass is 32.2. The molecule has 0 aliphatic rings. The molecule has 2 aromatic heterocycles. The van der Waals surface area contributed by atoms with Crippen LogP contribution in [-0.4, -0.2) is 37.8 Å². The van der Waals surface area contributed by atoms with Gasteiger partial charge in [0.1, 0.15) is 16.2 Å². The number of carbonyl (C=O) groups is 1. The number of aromatic nitrogens is 4. The second-order valence-electron chi connectivity index (χ2n) is 5.73. The molecule has 0 spiro atoms. The number of halogens is 1. The summed E-state index contributed by atoms with van der Waals surface area (Å²) in [7, 11) is 4.35. The van der Waals surface area contributed by atoms with Crippen LogP contribution in [0.2, 0.25) is 0 Å². The van der Waals surface area contributed by atoms with E-state index in [1.165, 1.54) is 43.9 Å². The summed E-state index contributed by atoms with van der Waals surface area (Å²) >= 11 is 1.05. The van der Waals surface area contributed by atoms with Gasteiger partial charge in [0.25, 0.3) is 5.56 Å². The Labute approximate surface area is 157 Å². The summed E-state index contributed by atoms with van der Waals surface area (Å²) in [6.07, 6.45) is 0. The predicted molar refractivity (Wildman–Crippen MR) is 100 cm³/mol. The molecular weight excluding hydrogens is 373 g/mol. The van der Waals surface area contributed by atoms with E-state index in [1.807, 2.05) is 0 Å². The second kappa shape index (κ2) is 7.31. The number of hydrogen-bond donors (Lipinski definition) is 1. The number of aryl methyl sites for hydroxylation is 1. The molecule has 0 radical (unpaired) electrons. The van der Waals surface area contributed by atoms with E-state index in [0.717, 1.165) is 16.3 Å². The summed E-state index contributed by atoms with van der Waals surface area (Å²) in [6.45, 7) is 0. The van der Waals surface area contributed by atoms with Crippen molar-refractivity contribution in [2.45, 2.75) is 5.03 Å². The van der Waals surface area contributed by atoms with Crippen LogP contribution in [0.15, 0.2) is 38.9 Å². The van der Waals surface area contributed by atoms with Crippen molar-refractivity contribution in [1.82, 2.24) is 24.4 Å². The summed E-state index contributed by atoms with van der Waals surface area (Å²) in [6, 6.07) is 5.68. The molecule has 8 nitrogen and oxygen atoms in total. The minimum absolute atomic E-state index is 0.0250. The van der Waals surface area contributed by atoms with Gasteiger partial charge in [-0.1, -0.05) is 23.9 Å². The lowest BCUT2D eigenvalue weighted by atomic mass is 10.2. The van der Waals surface area contributed by atoms with Gasteiger partial charge in [0.15, 0.2) is 11.5 Å². The Morgan fingerprint density at radius 2 is 1.96 bits per heavy atom. The average Bonchev–Trinajstić information content (AvgIpc) is 2.68. The highest BCUT2D eigenvalue weighted by Crippen LogP contribution is 2.26. The molecule has 1 amide bonds. The highest BCUT2D eigenvalue weighted by Gasteiger charge is 2.19. The molecule has 27 heavy (non-hydrogen) atoms. The molecular formula is C17H16FN5O3S. The molecule has 3 rings (SSSR count). The first-order valence-electron chi connectivity index (χ1n) is 7.90. The van der Waals surface area contributed by atoms with Gasteiger partial charge >= 0.3 is 5.69 Å². The van der Waals surface area contributed by atoms with Crippen molar-refractivity contribution in [2.24, 2.45) is 14.1 Å². The number of thioether (sulfide) groups is 1. The minimum atomic E-state index is -0.557. The number of amides is 1. The smallest absolute Gasteiger partial charge is 0.332 e. The van der Waals surface area contributed by atoms with Gasteiger partial charge in [0.2, 0.25) is 5.91 Å². The van der Waals surface area contributed by atoms with E-state index in [9.17, 15) is 18.8 Å². The van der Waals surface area contributed by atoms with Gasteiger partial charge in [-0.2, -0.15) is 0 Å². The van der Waals surface area contributed by atoms with Crippen LogP contribution in [0.1, 0.15) is 0 Å². The van der Waals surface area contributed by atoms with E-state index in [0.29, 0.717) is 5.56 Å². The first-order chi connectivity index (χ1) is 12.8. The Morgan fingerprint density at radius 1 is 1.22 bits per heavy atom. The number of benzene rings is 1. The van der Waals surface area contributed by atoms with Crippen molar-refractivity contribution in [1.29, 1.82) is 0 Å². The van der Waals surface area contributed by atoms with Gasteiger partial charge < -0.3 is 5.32 Å². The fourth-order valence-corrected chi connectivity index (χ4v) is 3.38. The Kier molecular flexibility index (Phi) is 5.08. The number of carbonyl (C=O) groups excluding carboxylic acids is 1. The van der Waals surface area contributed by atoms with E-state index in [2.05, 4.69) is 15.3 Å². The maximum atomic E-state index is 13.6. The number of nitrogens with one attached hydrogen (secondary N) is 1. The maximum absolute atomic E-state index is 13.6. The Morgan fingerprint density at radius 3 is 2.63 bits per heavy atom. The second-order valence-corrected chi connectivity index (χ2v) is 6.69. The molecule has 3 aromatic rings.